The minimum Gasteiger partial charge on any atom is -0.480 e. The zero-order valence-electron chi connectivity index (χ0n) is 10.0. The van der Waals surface area contributed by atoms with E-state index in [0.29, 0.717) is 11.5 Å². The molecule has 0 bridgehead atoms. The molecule has 18 heavy (non-hydrogen) atoms. The predicted octanol–water partition coefficient (Wildman–Crippen LogP) is 1.29. The molecule has 0 aliphatic carbocycles. The van der Waals surface area contributed by atoms with Gasteiger partial charge in [0.05, 0.1) is 5.69 Å². The normalized spacial score (nSPS) is 12.8. The van der Waals surface area contributed by atoms with Gasteiger partial charge >= 0.3 is 5.97 Å². The second kappa shape index (κ2) is 5.41. The lowest BCUT2D eigenvalue weighted by molar-refractivity contribution is -0.137. The van der Waals surface area contributed by atoms with Crippen LogP contribution in [-0.4, -0.2) is 32.3 Å². The van der Waals surface area contributed by atoms with Crippen molar-refractivity contribution in [2.24, 2.45) is 5.73 Å². The Hall–Kier alpha value is -1.53. The number of thioether (sulfide) groups is 1. The van der Waals surface area contributed by atoms with Crippen LogP contribution in [0.5, 0.6) is 0 Å². The van der Waals surface area contributed by atoms with Crippen LogP contribution in [-0.2, 0) is 10.5 Å². The molecule has 0 saturated carbocycles. The molecule has 0 aromatic carbocycles. The van der Waals surface area contributed by atoms with Gasteiger partial charge in [0, 0.05) is 23.9 Å². The quantitative estimate of drug-likeness (QED) is 0.851. The Bertz CT molecular complexity index is 567. The van der Waals surface area contributed by atoms with Gasteiger partial charge in [0.2, 0.25) is 0 Å². The summed E-state index contributed by atoms with van der Waals surface area (Å²) in [6.07, 6.45) is 3.97. The molecule has 0 spiro atoms. The summed E-state index contributed by atoms with van der Waals surface area (Å²) in [5.41, 5.74) is 8.44. The van der Waals surface area contributed by atoms with Gasteiger partial charge in [-0.05, 0) is 18.6 Å². The van der Waals surface area contributed by atoms with Crippen LogP contribution in [0.4, 0.5) is 0 Å². The van der Waals surface area contributed by atoms with E-state index < -0.39 is 12.0 Å². The number of aromatic nitrogens is 2. The van der Waals surface area contributed by atoms with E-state index in [-0.39, 0.29) is 0 Å². The maximum absolute atomic E-state index is 10.6. The summed E-state index contributed by atoms with van der Waals surface area (Å²) in [5.74, 6) is 0.0948. The Morgan fingerprint density at radius 1 is 1.56 bits per heavy atom. The van der Waals surface area contributed by atoms with Crippen molar-refractivity contribution in [2.75, 3.05) is 5.75 Å². The van der Waals surface area contributed by atoms with Crippen LogP contribution in [0.15, 0.2) is 24.5 Å². The molecule has 0 fully saturated rings. The number of carboxylic acids is 1. The molecular weight excluding hydrogens is 250 g/mol. The SMILES string of the molecule is Cc1ccc2nc(CSC[C@@H](N)C(=O)O)cn2c1. The van der Waals surface area contributed by atoms with Crippen molar-refractivity contribution in [1.29, 1.82) is 0 Å². The fraction of sp³-hybridized carbons (Fsp3) is 0.333. The molecular formula is C12H15N3O2S. The monoisotopic (exact) mass is 265 g/mol. The summed E-state index contributed by atoms with van der Waals surface area (Å²) < 4.78 is 1.97. The van der Waals surface area contributed by atoms with Crippen LogP contribution < -0.4 is 5.73 Å². The third kappa shape index (κ3) is 3.02. The van der Waals surface area contributed by atoms with Crippen molar-refractivity contribution < 1.29 is 9.90 Å². The number of carbonyl (C=O) groups is 1. The minimum atomic E-state index is -0.965. The van der Waals surface area contributed by atoms with E-state index in [4.69, 9.17) is 10.8 Å². The maximum Gasteiger partial charge on any atom is 0.321 e. The first-order valence-electron chi connectivity index (χ1n) is 5.56. The minimum absolute atomic E-state index is 0.391. The van der Waals surface area contributed by atoms with Crippen molar-refractivity contribution in [3.05, 3.63) is 35.8 Å². The molecule has 96 valence electrons. The standard InChI is InChI=1S/C12H15N3O2S/c1-8-2-3-11-14-9(5-15(11)4-8)6-18-7-10(13)12(16)17/h2-5,10H,6-7,13H2,1H3,(H,16,17)/t10-/m1/s1. The summed E-state index contributed by atoms with van der Waals surface area (Å²) in [6, 6.07) is 3.17. The van der Waals surface area contributed by atoms with Crippen molar-refractivity contribution in [1.82, 2.24) is 9.38 Å². The summed E-state index contributed by atoms with van der Waals surface area (Å²) in [7, 11) is 0. The van der Waals surface area contributed by atoms with Gasteiger partial charge in [-0.3, -0.25) is 4.79 Å². The smallest absolute Gasteiger partial charge is 0.321 e. The van der Waals surface area contributed by atoms with Crippen LogP contribution in [0.2, 0.25) is 0 Å². The summed E-state index contributed by atoms with van der Waals surface area (Å²) in [4.78, 5) is 15.0. The molecule has 0 aliphatic heterocycles. The van der Waals surface area contributed by atoms with Crippen LogP contribution in [0.25, 0.3) is 5.65 Å². The topological polar surface area (TPSA) is 80.6 Å². The second-order valence-electron chi connectivity index (χ2n) is 4.16. The van der Waals surface area contributed by atoms with Crippen LogP contribution in [0.3, 0.4) is 0 Å². The molecule has 2 aromatic rings. The molecule has 0 amide bonds. The first kappa shape index (κ1) is 12.9. The number of rotatable bonds is 5. The molecule has 5 nitrogen and oxygen atoms in total. The van der Waals surface area contributed by atoms with Crippen LogP contribution >= 0.6 is 11.8 Å². The predicted molar refractivity (Wildman–Crippen MR) is 71.7 cm³/mol. The zero-order chi connectivity index (χ0) is 13.1. The molecule has 0 unspecified atom stereocenters. The first-order valence-corrected chi connectivity index (χ1v) is 6.72. The highest BCUT2D eigenvalue weighted by Crippen LogP contribution is 2.14. The van der Waals surface area contributed by atoms with E-state index in [2.05, 4.69) is 4.98 Å². The number of aryl methyl sites for hydroxylation is 1. The van der Waals surface area contributed by atoms with Crippen molar-refractivity contribution in [3.63, 3.8) is 0 Å². The van der Waals surface area contributed by atoms with Gasteiger partial charge in [-0.1, -0.05) is 6.07 Å². The van der Waals surface area contributed by atoms with Gasteiger partial charge in [-0.15, -0.1) is 0 Å². The summed E-state index contributed by atoms with van der Waals surface area (Å²) >= 11 is 1.48. The van der Waals surface area contributed by atoms with E-state index in [1.165, 1.54) is 17.3 Å². The van der Waals surface area contributed by atoms with Crippen LogP contribution in [0.1, 0.15) is 11.3 Å². The van der Waals surface area contributed by atoms with Crippen molar-refractivity contribution >= 4 is 23.4 Å². The van der Waals surface area contributed by atoms with E-state index in [0.717, 1.165) is 11.3 Å². The Balaban J connectivity index is 1.98. The van der Waals surface area contributed by atoms with Crippen molar-refractivity contribution in [2.45, 2.75) is 18.7 Å². The molecule has 0 saturated heterocycles. The number of hydrogen-bond acceptors (Lipinski definition) is 4. The van der Waals surface area contributed by atoms with E-state index in [9.17, 15) is 4.79 Å². The van der Waals surface area contributed by atoms with Gasteiger partial charge in [0.25, 0.3) is 0 Å². The third-order valence-electron chi connectivity index (χ3n) is 2.51. The number of imidazole rings is 1. The van der Waals surface area contributed by atoms with Gasteiger partial charge in [0.1, 0.15) is 11.7 Å². The average molecular weight is 265 g/mol. The maximum atomic E-state index is 10.6. The van der Waals surface area contributed by atoms with E-state index in [1.54, 1.807) is 0 Å². The number of nitrogens with zero attached hydrogens (tertiary/aromatic N) is 2. The number of pyridine rings is 1. The Morgan fingerprint density at radius 3 is 3.06 bits per heavy atom. The Kier molecular flexibility index (Phi) is 3.88. The fourth-order valence-electron chi connectivity index (χ4n) is 1.59. The lowest BCUT2D eigenvalue weighted by Gasteiger charge is -2.03. The highest BCUT2D eigenvalue weighted by Gasteiger charge is 2.11. The number of hydrogen-bond donors (Lipinski definition) is 2. The summed E-state index contributed by atoms with van der Waals surface area (Å²) in [5, 5.41) is 8.67. The van der Waals surface area contributed by atoms with Crippen molar-refractivity contribution in [3.8, 4) is 0 Å². The number of carboxylic acid groups (broad SMARTS) is 1. The number of nitrogens with two attached hydrogens (primary N) is 1. The molecule has 0 radical (unpaired) electrons. The van der Waals surface area contributed by atoms with E-state index in [1.807, 2.05) is 35.9 Å². The Labute approximate surface area is 109 Å². The van der Waals surface area contributed by atoms with Crippen LogP contribution in [0, 0.1) is 6.92 Å². The lowest BCUT2D eigenvalue weighted by Crippen LogP contribution is -2.32. The zero-order valence-corrected chi connectivity index (χ0v) is 10.9. The molecule has 1 atom stereocenters. The largest absolute Gasteiger partial charge is 0.480 e. The van der Waals surface area contributed by atoms with Gasteiger partial charge < -0.3 is 15.2 Å². The molecule has 3 N–H and O–H groups in total. The fourth-order valence-corrected chi connectivity index (χ4v) is 2.45. The third-order valence-corrected chi connectivity index (χ3v) is 3.61. The van der Waals surface area contributed by atoms with Gasteiger partial charge in [-0.25, -0.2) is 4.98 Å². The molecule has 6 heteroatoms. The molecule has 2 aromatic heterocycles. The molecule has 0 aliphatic rings. The second-order valence-corrected chi connectivity index (χ2v) is 5.19. The van der Waals surface area contributed by atoms with E-state index >= 15 is 0 Å². The Morgan fingerprint density at radius 2 is 2.33 bits per heavy atom. The number of fused-ring (bicyclic) bond motifs is 1. The lowest BCUT2D eigenvalue weighted by atomic mass is 10.3. The summed E-state index contributed by atoms with van der Waals surface area (Å²) in [6.45, 7) is 2.03. The van der Waals surface area contributed by atoms with Gasteiger partial charge in [0.15, 0.2) is 0 Å². The average Bonchev–Trinajstić information content (AvgIpc) is 2.70. The molecule has 2 heterocycles. The highest BCUT2D eigenvalue weighted by atomic mass is 32.2. The van der Waals surface area contributed by atoms with Gasteiger partial charge in [-0.2, -0.15) is 11.8 Å². The number of aliphatic carboxylic acids is 1. The molecule has 2 rings (SSSR count). The highest BCUT2D eigenvalue weighted by molar-refractivity contribution is 7.98. The first-order chi connectivity index (χ1) is 8.56.